The van der Waals surface area contributed by atoms with Crippen molar-refractivity contribution in [1.29, 1.82) is 0 Å². The lowest BCUT2D eigenvalue weighted by molar-refractivity contribution is 0.615. The topological polar surface area (TPSA) is 72.9 Å². The molecule has 0 atom stereocenters. The van der Waals surface area contributed by atoms with Crippen molar-refractivity contribution in [2.24, 2.45) is 7.05 Å². The Labute approximate surface area is 101 Å². The number of halogens is 1. The Bertz CT molecular complexity index is 686. The van der Waals surface area contributed by atoms with Gasteiger partial charge in [0.2, 0.25) is 5.95 Å². The van der Waals surface area contributed by atoms with Crippen molar-refractivity contribution in [2.45, 2.75) is 6.54 Å². The van der Waals surface area contributed by atoms with Gasteiger partial charge in [-0.15, -0.1) is 5.10 Å². The van der Waals surface area contributed by atoms with Crippen LogP contribution >= 0.6 is 0 Å². The van der Waals surface area contributed by atoms with Crippen molar-refractivity contribution < 1.29 is 4.39 Å². The summed E-state index contributed by atoms with van der Waals surface area (Å²) in [6.07, 6.45) is 2.88. The van der Waals surface area contributed by atoms with Crippen LogP contribution in [0.4, 0.5) is 10.3 Å². The van der Waals surface area contributed by atoms with Gasteiger partial charge in [0.15, 0.2) is 11.5 Å². The fraction of sp³-hybridized carbons (Fsp3) is 0.200. The SMILES string of the molecule is Cn1cnc(CNc2nc3ccc(F)cn3n2)n1. The minimum absolute atomic E-state index is 0.356. The van der Waals surface area contributed by atoms with Crippen molar-refractivity contribution in [3.8, 4) is 0 Å². The second kappa shape index (κ2) is 4.06. The lowest BCUT2D eigenvalue weighted by Gasteiger charge is -1.95. The predicted molar refractivity (Wildman–Crippen MR) is 61.3 cm³/mol. The fourth-order valence-corrected chi connectivity index (χ4v) is 1.56. The van der Waals surface area contributed by atoms with E-state index in [9.17, 15) is 4.39 Å². The highest BCUT2D eigenvalue weighted by atomic mass is 19.1. The van der Waals surface area contributed by atoms with Crippen LogP contribution in [-0.4, -0.2) is 29.4 Å². The molecule has 7 nitrogen and oxygen atoms in total. The van der Waals surface area contributed by atoms with E-state index in [0.29, 0.717) is 24.0 Å². The van der Waals surface area contributed by atoms with Crippen LogP contribution in [0.2, 0.25) is 0 Å². The summed E-state index contributed by atoms with van der Waals surface area (Å²) in [5.74, 6) is 0.695. The molecular formula is C10H10FN7. The molecule has 92 valence electrons. The number of aromatic nitrogens is 6. The number of hydrogen-bond acceptors (Lipinski definition) is 5. The van der Waals surface area contributed by atoms with E-state index in [1.165, 1.54) is 16.8 Å². The summed E-state index contributed by atoms with van der Waals surface area (Å²) in [6, 6.07) is 2.90. The zero-order valence-electron chi connectivity index (χ0n) is 9.58. The number of hydrogen-bond donors (Lipinski definition) is 1. The van der Waals surface area contributed by atoms with Gasteiger partial charge in [-0.2, -0.15) is 10.1 Å². The number of anilines is 1. The molecule has 0 bridgehead atoms. The second-order valence-electron chi connectivity index (χ2n) is 3.77. The first-order chi connectivity index (χ1) is 8.70. The highest BCUT2D eigenvalue weighted by Crippen LogP contribution is 2.07. The molecule has 0 saturated carbocycles. The lowest BCUT2D eigenvalue weighted by atomic mass is 10.5. The third-order valence-electron chi connectivity index (χ3n) is 2.35. The van der Waals surface area contributed by atoms with Crippen LogP contribution < -0.4 is 5.32 Å². The van der Waals surface area contributed by atoms with E-state index in [0.717, 1.165) is 0 Å². The molecule has 3 aromatic rings. The maximum Gasteiger partial charge on any atom is 0.243 e. The first kappa shape index (κ1) is 10.6. The molecule has 0 fully saturated rings. The van der Waals surface area contributed by atoms with E-state index < -0.39 is 0 Å². The third-order valence-corrected chi connectivity index (χ3v) is 2.35. The predicted octanol–water partition coefficient (Wildman–Crippen LogP) is 0.609. The Kier molecular flexibility index (Phi) is 2.40. The average molecular weight is 247 g/mol. The molecule has 0 radical (unpaired) electrons. The number of nitrogens with zero attached hydrogens (tertiary/aromatic N) is 6. The van der Waals surface area contributed by atoms with Gasteiger partial charge in [-0.3, -0.25) is 4.68 Å². The molecule has 3 aromatic heterocycles. The van der Waals surface area contributed by atoms with E-state index in [2.05, 4.69) is 25.5 Å². The highest BCUT2D eigenvalue weighted by Gasteiger charge is 2.05. The Balaban J connectivity index is 1.78. The summed E-state index contributed by atoms with van der Waals surface area (Å²) in [4.78, 5) is 8.25. The van der Waals surface area contributed by atoms with Crippen LogP contribution in [0.5, 0.6) is 0 Å². The molecular weight excluding hydrogens is 237 g/mol. The van der Waals surface area contributed by atoms with Gasteiger partial charge >= 0.3 is 0 Å². The molecule has 18 heavy (non-hydrogen) atoms. The van der Waals surface area contributed by atoms with E-state index in [1.807, 2.05) is 0 Å². The Morgan fingerprint density at radius 3 is 3.00 bits per heavy atom. The van der Waals surface area contributed by atoms with E-state index in [4.69, 9.17) is 0 Å². The van der Waals surface area contributed by atoms with Gasteiger partial charge in [0.05, 0.1) is 12.7 Å². The van der Waals surface area contributed by atoms with Gasteiger partial charge in [0, 0.05) is 7.05 Å². The largest absolute Gasteiger partial charge is 0.346 e. The Morgan fingerprint density at radius 1 is 1.33 bits per heavy atom. The van der Waals surface area contributed by atoms with Gasteiger partial charge in [0.1, 0.15) is 12.1 Å². The van der Waals surface area contributed by atoms with E-state index in [-0.39, 0.29) is 5.82 Å². The normalized spacial score (nSPS) is 11.0. The van der Waals surface area contributed by atoms with Crippen LogP contribution in [0.1, 0.15) is 5.82 Å². The molecule has 0 spiro atoms. The van der Waals surface area contributed by atoms with Gasteiger partial charge < -0.3 is 5.32 Å². The smallest absolute Gasteiger partial charge is 0.243 e. The van der Waals surface area contributed by atoms with Crippen molar-refractivity contribution in [3.05, 3.63) is 36.3 Å². The monoisotopic (exact) mass is 247 g/mol. The molecule has 0 aliphatic carbocycles. The fourth-order valence-electron chi connectivity index (χ4n) is 1.56. The minimum Gasteiger partial charge on any atom is -0.346 e. The quantitative estimate of drug-likeness (QED) is 0.734. The first-order valence-corrected chi connectivity index (χ1v) is 5.31. The summed E-state index contributed by atoms with van der Waals surface area (Å²) >= 11 is 0. The molecule has 0 saturated heterocycles. The molecule has 8 heteroatoms. The average Bonchev–Trinajstić information content (AvgIpc) is 2.92. The zero-order chi connectivity index (χ0) is 12.5. The summed E-state index contributed by atoms with van der Waals surface area (Å²) < 4.78 is 16.0. The number of rotatable bonds is 3. The standard InChI is InChI=1S/C10H10FN7/c1-17-6-13-8(15-17)4-12-10-14-9-3-2-7(11)5-18(9)16-10/h2-3,5-6H,4H2,1H3,(H,12,16). The zero-order valence-corrected chi connectivity index (χ0v) is 9.58. The molecule has 0 aliphatic rings. The number of fused-ring (bicyclic) bond motifs is 1. The van der Waals surface area contributed by atoms with Gasteiger partial charge in [-0.25, -0.2) is 13.9 Å². The highest BCUT2D eigenvalue weighted by molar-refractivity contribution is 5.42. The van der Waals surface area contributed by atoms with Crippen molar-refractivity contribution >= 4 is 11.6 Å². The Hall–Kier alpha value is -2.51. The van der Waals surface area contributed by atoms with Gasteiger partial charge in [-0.05, 0) is 12.1 Å². The van der Waals surface area contributed by atoms with Crippen molar-refractivity contribution in [2.75, 3.05) is 5.32 Å². The summed E-state index contributed by atoms with van der Waals surface area (Å²) in [5.41, 5.74) is 0.577. The van der Waals surface area contributed by atoms with Crippen LogP contribution in [-0.2, 0) is 13.6 Å². The molecule has 0 amide bonds. The molecule has 0 unspecified atom stereocenters. The van der Waals surface area contributed by atoms with E-state index in [1.54, 1.807) is 24.1 Å². The minimum atomic E-state index is -0.356. The molecule has 3 heterocycles. The third kappa shape index (κ3) is 1.99. The number of pyridine rings is 1. The second-order valence-corrected chi connectivity index (χ2v) is 3.77. The van der Waals surface area contributed by atoms with Crippen LogP contribution in [0.25, 0.3) is 5.65 Å². The summed E-state index contributed by atoms with van der Waals surface area (Å²) in [6.45, 7) is 0.417. The molecule has 0 aromatic carbocycles. The van der Waals surface area contributed by atoms with Crippen molar-refractivity contribution in [1.82, 2.24) is 29.4 Å². The van der Waals surface area contributed by atoms with Crippen LogP contribution in [0.3, 0.4) is 0 Å². The lowest BCUT2D eigenvalue weighted by Crippen LogP contribution is -2.03. The number of aryl methyl sites for hydroxylation is 1. The summed E-state index contributed by atoms with van der Waals surface area (Å²) in [5, 5.41) is 11.2. The Morgan fingerprint density at radius 2 is 2.22 bits per heavy atom. The van der Waals surface area contributed by atoms with Gasteiger partial charge in [-0.1, -0.05) is 0 Å². The molecule has 3 rings (SSSR count). The van der Waals surface area contributed by atoms with Gasteiger partial charge in [0.25, 0.3) is 0 Å². The van der Waals surface area contributed by atoms with E-state index >= 15 is 0 Å². The molecule has 0 aliphatic heterocycles. The number of nitrogens with one attached hydrogen (secondary N) is 1. The van der Waals surface area contributed by atoms with Crippen LogP contribution in [0.15, 0.2) is 24.7 Å². The first-order valence-electron chi connectivity index (χ1n) is 5.31. The maximum absolute atomic E-state index is 13.0. The maximum atomic E-state index is 13.0. The molecule has 1 N–H and O–H groups in total. The van der Waals surface area contributed by atoms with Crippen LogP contribution in [0, 0.1) is 5.82 Å². The summed E-state index contributed by atoms with van der Waals surface area (Å²) in [7, 11) is 1.79. The van der Waals surface area contributed by atoms with Crippen molar-refractivity contribution in [3.63, 3.8) is 0 Å².